The Kier molecular flexibility index (Phi) is 4.28. The molecule has 1 heterocycles. The molecule has 0 saturated carbocycles. The molecule has 1 aliphatic rings. The third kappa shape index (κ3) is 3.51. The standard InChI is InChI=1S/C13H16N2O2S/c1-18(17)12-7-3-10(4-8-12)2-5-11-6-9-13(16)15-14-11/h2-5,7-8,11,14H,6,9H2,1H3,(H,15,16)/b5-2+. The van der Waals surface area contributed by atoms with Crippen LogP contribution >= 0.6 is 0 Å². The first-order valence-corrected chi connectivity index (χ1v) is 7.37. The lowest BCUT2D eigenvalue weighted by Gasteiger charge is -2.20. The molecular weight excluding hydrogens is 248 g/mol. The number of rotatable bonds is 3. The van der Waals surface area contributed by atoms with Gasteiger partial charge in [-0.25, -0.2) is 5.43 Å². The Bertz CT molecular complexity index is 472. The number of carbonyl (C=O) groups excluding carboxylic acids is 1. The van der Waals surface area contributed by atoms with E-state index in [2.05, 4.69) is 10.9 Å². The summed E-state index contributed by atoms with van der Waals surface area (Å²) in [5.41, 5.74) is 6.60. The van der Waals surface area contributed by atoms with Gasteiger partial charge in [0.1, 0.15) is 0 Å². The zero-order valence-electron chi connectivity index (χ0n) is 10.2. The van der Waals surface area contributed by atoms with Crippen molar-refractivity contribution < 1.29 is 9.00 Å². The largest absolute Gasteiger partial charge is 0.291 e. The van der Waals surface area contributed by atoms with Gasteiger partial charge in [0.25, 0.3) is 0 Å². The second kappa shape index (κ2) is 5.93. The lowest BCUT2D eigenvalue weighted by atomic mass is 10.1. The van der Waals surface area contributed by atoms with Gasteiger partial charge in [-0.1, -0.05) is 24.3 Å². The summed E-state index contributed by atoms with van der Waals surface area (Å²) < 4.78 is 11.2. The molecule has 4 nitrogen and oxygen atoms in total. The SMILES string of the molecule is CS(=O)c1ccc(/C=C/C2CCC(=O)NN2)cc1. The van der Waals surface area contributed by atoms with Gasteiger partial charge < -0.3 is 0 Å². The number of hydrogen-bond donors (Lipinski definition) is 2. The lowest BCUT2D eigenvalue weighted by molar-refractivity contribution is -0.123. The summed E-state index contributed by atoms with van der Waals surface area (Å²) in [6.45, 7) is 0. The molecule has 5 heteroatoms. The van der Waals surface area contributed by atoms with Crippen LogP contribution in [0, 0.1) is 0 Å². The summed E-state index contributed by atoms with van der Waals surface area (Å²) in [5.74, 6) is 0.0365. The minimum atomic E-state index is -0.933. The molecule has 1 aliphatic heterocycles. The highest BCUT2D eigenvalue weighted by Crippen LogP contribution is 2.11. The maximum absolute atomic E-state index is 11.2. The van der Waals surface area contributed by atoms with E-state index in [1.807, 2.05) is 36.4 Å². The molecule has 1 saturated heterocycles. The molecule has 96 valence electrons. The van der Waals surface area contributed by atoms with Crippen LogP contribution in [-0.4, -0.2) is 22.4 Å². The highest BCUT2D eigenvalue weighted by Gasteiger charge is 2.14. The van der Waals surface area contributed by atoms with Crippen LogP contribution in [0.5, 0.6) is 0 Å². The van der Waals surface area contributed by atoms with Crippen LogP contribution in [-0.2, 0) is 15.6 Å². The van der Waals surface area contributed by atoms with Crippen LogP contribution in [0.1, 0.15) is 18.4 Å². The fraction of sp³-hybridized carbons (Fsp3) is 0.308. The van der Waals surface area contributed by atoms with Gasteiger partial charge in [0.2, 0.25) is 5.91 Å². The van der Waals surface area contributed by atoms with E-state index in [1.165, 1.54) is 0 Å². The predicted molar refractivity (Wildman–Crippen MR) is 72.1 cm³/mol. The lowest BCUT2D eigenvalue weighted by Crippen LogP contribution is -2.48. The minimum Gasteiger partial charge on any atom is -0.291 e. The Morgan fingerprint density at radius 2 is 2.06 bits per heavy atom. The van der Waals surface area contributed by atoms with E-state index in [0.717, 1.165) is 16.9 Å². The van der Waals surface area contributed by atoms with Crippen LogP contribution in [0.2, 0.25) is 0 Å². The molecule has 0 spiro atoms. The van der Waals surface area contributed by atoms with E-state index < -0.39 is 10.8 Å². The number of carbonyl (C=O) groups is 1. The molecular formula is C13H16N2O2S. The van der Waals surface area contributed by atoms with Gasteiger partial charge >= 0.3 is 0 Å². The molecule has 2 rings (SSSR count). The molecule has 0 bridgehead atoms. The third-order valence-corrected chi connectivity index (χ3v) is 3.75. The van der Waals surface area contributed by atoms with Gasteiger partial charge in [-0.05, 0) is 24.1 Å². The number of hydrazine groups is 1. The van der Waals surface area contributed by atoms with Gasteiger partial charge in [-0.2, -0.15) is 0 Å². The number of amides is 1. The molecule has 2 atom stereocenters. The monoisotopic (exact) mass is 264 g/mol. The fourth-order valence-electron chi connectivity index (χ4n) is 1.74. The second-order valence-corrected chi connectivity index (χ2v) is 5.60. The topological polar surface area (TPSA) is 58.2 Å². The van der Waals surface area contributed by atoms with E-state index in [-0.39, 0.29) is 11.9 Å². The second-order valence-electron chi connectivity index (χ2n) is 4.22. The normalized spacial score (nSPS) is 21.8. The fourth-order valence-corrected chi connectivity index (χ4v) is 2.26. The summed E-state index contributed by atoms with van der Waals surface area (Å²) in [5, 5.41) is 0. The maximum atomic E-state index is 11.2. The molecule has 18 heavy (non-hydrogen) atoms. The summed E-state index contributed by atoms with van der Waals surface area (Å²) in [6.07, 6.45) is 7.05. The van der Waals surface area contributed by atoms with Crippen molar-refractivity contribution in [3.8, 4) is 0 Å². The first-order chi connectivity index (χ1) is 8.65. The van der Waals surface area contributed by atoms with Crippen molar-refractivity contribution in [3.05, 3.63) is 35.9 Å². The van der Waals surface area contributed by atoms with E-state index in [0.29, 0.717) is 6.42 Å². The molecule has 2 N–H and O–H groups in total. The summed E-state index contributed by atoms with van der Waals surface area (Å²) in [6, 6.07) is 7.78. The van der Waals surface area contributed by atoms with Gasteiger partial charge in [0, 0.05) is 34.4 Å². The van der Waals surface area contributed by atoms with Crippen molar-refractivity contribution in [2.45, 2.75) is 23.8 Å². The molecule has 1 aromatic rings. The molecule has 1 amide bonds. The summed E-state index contributed by atoms with van der Waals surface area (Å²) in [7, 11) is -0.933. The van der Waals surface area contributed by atoms with Crippen molar-refractivity contribution in [2.75, 3.05) is 6.26 Å². The highest BCUT2D eigenvalue weighted by atomic mass is 32.2. The van der Waals surface area contributed by atoms with Crippen LogP contribution < -0.4 is 10.9 Å². The quantitative estimate of drug-likeness (QED) is 0.863. The summed E-state index contributed by atoms with van der Waals surface area (Å²) >= 11 is 0. The number of hydrogen-bond acceptors (Lipinski definition) is 3. The zero-order valence-corrected chi connectivity index (χ0v) is 11.0. The maximum Gasteiger partial charge on any atom is 0.234 e. The van der Waals surface area contributed by atoms with Crippen LogP contribution in [0.25, 0.3) is 6.08 Å². The smallest absolute Gasteiger partial charge is 0.234 e. The Morgan fingerprint density at radius 1 is 1.33 bits per heavy atom. The van der Waals surface area contributed by atoms with E-state index in [9.17, 15) is 9.00 Å². The van der Waals surface area contributed by atoms with Crippen molar-refractivity contribution in [2.24, 2.45) is 0 Å². The molecule has 1 fully saturated rings. The Morgan fingerprint density at radius 3 is 2.61 bits per heavy atom. The summed E-state index contributed by atoms with van der Waals surface area (Å²) in [4.78, 5) is 11.8. The van der Waals surface area contributed by atoms with Gasteiger partial charge in [-0.3, -0.25) is 14.4 Å². The number of benzene rings is 1. The van der Waals surface area contributed by atoms with E-state index in [1.54, 1.807) is 6.26 Å². The molecule has 0 aliphatic carbocycles. The Balaban J connectivity index is 1.96. The first-order valence-electron chi connectivity index (χ1n) is 5.81. The van der Waals surface area contributed by atoms with Gasteiger partial charge in [0.05, 0.1) is 0 Å². The zero-order chi connectivity index (χ0) is 13.0. The van der Waals surface area contributed by atoms with Gasteiger partial charge in [0.15, 0.2) is 0 Å². The number of nitrogens with one attached hydrogen (secondary N) is 2. The molecule has 0 radical (unpaired) electrons. The molecule has 1 aromatic carbocycles. The Labute approximate surface area is 109 Å². The van der Waals surface area contributed by atoms with Crippen LogP contribution in [0.15, 0.2) is 35.2 Å². The Hall–Kier alpha value is -1.46. The average molecular weight is 264 g/mol. The average Bonchev–Trinajstić information content (AvgIpc) is 2.38. The molecule has 2 unspecified atom stereocenters. The molecule has 0 aromatic heterocycles. The van der Waals surface area contributed by atoms with E-state index >= 15 is 0 Å². The van der Waals surface area contributed by atoms with Crippen molar-refractivity contribution in [3.63, 3.8) is 0 Å². The van der Waals surface area contributed by atoms with Crippen molar-refractivity contribution in [1.29, 1.82) is 0 Å². The van der Waals surface area contributed by atoms with Crippen LogP contribution in [0.3, 0.4) is 0 Å². The first kappa shape index (κ1) is 13.0. The van der Waals surface area contributed by atoms with Crippen molar-refractivity contribution >= 4 is 22.8 Å². The minimum absolute atomic E-state index is 0.0365. The van der Waals surface area contributed by atoms with Crippen LogP contribution in [0.4, 0.5) is 0 Å². The predicted octanol–water partition coefficient (Wildman–Crippen LogP) is 1.22. The third-order valence-electron chi connectivity index (χ3n) is 2.81. The van der Waals surface area contributed by atoms with Gasteiger partial charge in [-0.15, -0.1) is 0 Å². The van der Waals surface area contributed by atoms with Crippen molar-refractivity contribution in [1.82, 2.24) is 10.9 Å². The highest BCUT2D eigenvalue weighted by molar-refractivity contribution is 7.84. The van der Waals surface area contributed by atoms with E-state index in [4.69, 9.17) is 0 Å².